The first-order valence-corrected chi connectivity index (χ1v) is 10.3. The summed E-state index contributed by atoms with van der Waals surface area (Å²) in [7, 11) is 0. The first-order valence-electron chi connectivity index (χ1n) is 9.09. The minimum absolute atomic E-state index is 0.0642. The third-order valence-corrected chi connectivity index (χ3v) is 6.26. The van der Waals surface area contributed by atoms with Gasteiger partial charge in [-0.1, -0.05) is 41.9 Å². The summed E-state index contributed by atoms with van der Waals surface area (Å²) in [5.74, 6) is -0.0642. The van der Waals surface area contributed by atoms with Gasteiger partial charge in [0.25, 0.3) is 5.91 Å². The number of nitrogens with one attached hydrogen (secondary N) is 1. The number of carbonyl (C=O) groups excluding carboxylic acids is 1. The van der Waals surface area contributed by atoms with E-state index in [4.69, 9.17) is 11.6 Å². The fraction of sp³-hybridized carbons (Fsp3) is 0.227. The van der Waals surface area contributed by atoms with Crippen LogP contribution in [0.5, 0.6) is 0 Å². The van der Waals surface area contributed by atoms with Gasteiger partial charge >= 0.3 is 0 Å². The Balaban J connectivity index is 1.49. The Hall–Kier alpha value is -2.14. The Bertz CT molecular complexity index is 908. The van der Waals surface area contributed by atoms with E-state index in [0.717, 1.165) is 19.5 Å². The van der Waals surface area contributed by atoms with E-state index in [2.05, 4.69) is 52.0 Å². The number of fused-ring (bicyclic) bond motifs is 1. The van der Waals surface area contributed by atoms with Crippen LogP contribution < -0.4 is 5.32 Å². The van der Waals surface area contributed by atoms with Gasteiger partial charge in [0.15, 0.2) is 0 Å². The van der Waals surface area contributed by atoms with Crippen molar-refractivity contribution >= 4 is 28.8 Å². The minimum atomic E-state index is -0.0642. The molecule has 2 aromatic carbocycles. The average Bonchev–Trinajstić information content (AvgIpc) is 3.23. The van der Waals surface area contributed by atoms with Crippen molar-refractivity contribution in [2.45, 2.75) is 19.0 Å². The molecule has 138 valence electrons. The number of hydrogen-bond acceptors (Lipinski definition) is 3. The van der Waals surface area contributed by atoms with E-state index in [1.54, 1.807) is 35.6 Å². The molecule has 1 unspecified atom stereocenters. The number of carbonyl (C=O) groups is 1. The molecule has 3 nitrogen and oxygen atoms in total. The molecule has 1 aliphatic heterocycles. The summed E-state index contributed by atoms with van der Waals surface area (Å²) >= 11 is 7.66. The van der Waals surface area contributed by atoms with Crippen LogP contribution in [0.4, 0.5) is 0 Å². The van der Waals surface area contributed by atoms with E-state index in [9.17, 15) is 4.79 Å². The maximum absolute atomic E-state index is 12.5. The third-order valence-electron chi connectivity index (χ3n) is 5.03. The molecule has 1 atom stereocenters. The molecule has 5 heteroatoms. The molecule has 0 spiro atoms. The predicted molar refractivity (Wildman–Crippen MR) is 111 cm³/mol. The highest BCUT2D eigenvalue weighted by Crippen LogP contribution is 2.30. The van der Waals surface area contributed by atoms with Gasteiger partial charge in [-0.05, 0) is 53.3 Å². The molecule has 27 heavy (non-hydrogen) atoms. The zero-order chi connectivity index (χ0) is 18.6. The van der Waals surface area contributed by atoms with Crippen molar-refractivity contribution in [1.29, 1.82) is 0 Å². The summed E-state index contributed by atoms with van der Waals surface area (Å²) in [5, 5.41) is 5.84. The van der Waals surface area contributed by atoms with E-state index >= 15 is 0 Å². The normalized spacial score (nSPS) is 15.1. The van der Waals surface area contributed by atoms with E-state index in [0.29, 0.717) is 17.1 Å². The van der Waals surface area contributed by atoms with E-state index < -0.39 is 0 Å². The minimum Gasteiger partial charge on any atom is -0.350 e. The molecule has 1 N–H and O–H groups in total. The molecule has 0 fully saturated rings. The molecule has 1 aromatic heterocycles. The van der Waals surface area contributed by atoms with Crippen LogP contribution in [0.25, 0.3) is 0 Å². The first kappa shape index (κ1) is 18.2. The first-order chi connectivity index (χ1) is 13.2. The molecule has 1 amide bonds. The zero-order valence-corrected chi connectivity index (χ0v) is 16.5. The SMILES string of the molecule is O=C(NCC(c1cccs1)N1CCc2ccccc2C1)c1ccc(Cl)cc1. The van der Waals surface area contributed by atoms with Crippen LogP contribution in [0.1, 0.15) is 32.4 Å². The summed E-state index contributed by atoms with van der Waals surface area (Å²) in [6.45, 7) is 2.50. The van der Waals surface area contributed by atoms with E-state index in [1.807, 2.05) is 0 Å². The van der Waals surface area contributed by atoms with E-state index in [-0.39, 0.29) is 11.9 Å². The fourth-order valence-corrected chi connectivity index (χ4v) is 4.55. The van der Waals surface area contributed by atoms with Crippen molar-refractivity contribution in [3.8, 4) is 0 Å². The van der Waals surface area contributed by atoms with Crippen molar-refractivity contribution in [3.63, 3.8) is 0 Å². The largest absolute Gasteiger partial charge is 0.350 e. The van der Waals surface area contributed by atoms with Gasteiger partial charge < -0.3 is 5.32 Å². The van der Waals surface area contributed by atoms with Crippen LogP contribution in [0.15, 0.2) is 66.0 Å². The predicted octanol–water partition coefficient (Wildman–Crippen LogP) is 4.93. The second-order valence-electron chi connectivity index (χ2n) is 6.74. The Morgan fingerprint density at radius 2 is 1.85 bits per heavy atom. The average molecular weight is 397 g/mol. The smallest absolute Gasteiger partial charge is 0.251 e. The second kappa shape index (κ2) is 8.26. The molecular formula is C22H21ClN2OS. The number of benzene rings is 2. The van der Waals surface area contributed by atoms with Crippen LogP contribution >= 0.6 is 22.9 Å². The molecular weight excluding hydrogens is 376 g/mol. The highest BCUT2D eigenvalue weighted by atomic mass is 35.5. The highest BCUT2D eigenvalue weighted by Gasteiger charge is 2.26. The zero-order valence-electron chi connectivity index (χ0n) is 14.9. The lowest BCUT2D eigenvalue weighted by Gasteiger charge is -2.35. The van der Waals surface area contributed by atoms with Crippen molar-refractivity contribution < 1.29 is 4.79 Å². The van der Waals surface area contributed by atoms with Gasteiger partial charge in [-0.3, -0.25) is 9.69 Å². The fourth-order valence-electron chi connectivity index (χ4n) is 3.57. The summed E-state index contributed by atoms with van der Waals surface area (Å²) in [5.41, 5.74) is 3.45. The summed E-state index contributed by atoms with van der Waals surface area (Å²) in [6, 6.07) is 20.1. The van der Waals surface area contributed by atoms with Gasteiger partial charge in [-0.25, -0.2) is 0 Å². The van der Waals surface area contributed by atoms with Crippen LogP contribution in [0.2, 0.25) is 5.02 Å². The molecule has 0 radical (unpaired) electrons. The third kappa shape index (κ3) is 4.24. The van der Waals surface area contributed by atoms with Crippen molar-refractivity contribution in [2.24, 2.45) is 0 Å². The standard InChI is InChI=1S/C22H21ClN2OS/c23-19-9-7-17(8-10-19)22(26)24-14-20(21-6-3-13-27-21)25-12-11-16-4-1-2-5-18(16)15-25/h1-10,13,20H,11-12,14-15H2,(H,24,26). The Kier molecular flexibility index (Phi) is 5.58. The monoisotopic (exact) mass is 396 g/mol. The summed E-state index contributed by atoms with van der Waals surface area (Å²) in [6.07, 6.45) is 1.04. The lowest BCUT2D eigenvalue weighted by Crippen LogP contribution is -2.40. The topological polar surface area (TPSA) is 32.3 Å². The summed E-state index contributed by atoms with van der Waals surface area (Å²) in [4.78, 5) is 16.3. The van der Waals surface area contributed by atoms with Crippen molar-refractivity contribution in [1.82, 2.24) is 10.2 Å². The molecule has 0 aliphatic carbocycles. The van der Waals surface area contributed by atoms with Gasteiger partial charge in [-0.2, -0.15) is 0 Å². The molecule has 2 heterocycles. The molecule has 0 saturated carbocycles. The van der Waals surface area contributed by atoms with Crippen molar-refractivity contribution in [2.75, 3.05) is 13.1 Å². The van der Waals surface area contributed by atoms with Gasteiger partial charge in [0.2, 0.25) is 0 Å². The number of rotatable bonds is 5. The maximum Gasteiger partial charge on any atom is 0.251 e. The molecule has 0 saturated heterocycles. The Morgan fingerprint density at radius 3 is 2.59 bits per heavy atom. The highest BCUT2D eigenvalue weighted by molar-refractivity contribution is 7.10. The van der Waals surface area contributed by atoms with Gasteiger partial charge in [-0.15, -0.1) is 11.3 Å². The Labute approximate surface area is 168 Å². The van der Waals surface area contributed by atoms with Gasteiger partial charge in [0.05, 0.1) is 6.04 Å². The maximum atomic E-state index is 12.5. The molecule has 0 bridgehead atoms. The van der Waals surface area contributed by atoms with Crippen LogP contribution in [-0.4, -0.2) is 23.9 Å². The quantitative estimate of drug-likeness (QED) is 0.663. The number of amides is 1. The van der Waals surface area contributed by atoms with E-state index in [1.165, 1.54) is 16.0 Å². The van der Waals surface area contributed by atoms with Crippen LogP contribution in [-0.2, 0) is 13.0 Å². The lowest BCUT2D eigenvalue weighted by molar-refractivity contribution is 0.0929. The summed E-state index contributed by atoms with van der Waals surface area (Å²) < 4.78 is 0. The molecule has 1 aliphatic rings. The molecule has 4 rings (SSSR count). The molecule has 3 aromatic rings. The van der Waals surface area contributed by atoms with Crippen LogP contribution in [0, 0.1) is 0 Å². The lowest BCUT2D eigenvalue weighted by atomic mass is 9.98. The Morgan fingerprint density at radius 1 is 1.07 bits per heavy atom. The number of hydrogen-bond donors (Lipinski definition) is 1. The van der Waals surface area contributed by atoms with Crippen LogP contribution in [0.3, 0.4) is 0 Å². The van der Waals surface area contributed by atoms with Gasteiger partial charge in [0, 0.05) is 35.1 Å². The van der Waals surface area contributed by atoms with Crippen molar-refractivity contribution in [3.05, 3.63) is 92.6 Å². The second-order valence-corrected chi connectivity index (χ2v) is 8.15. The number of nitrogens with zero attached hydrogens (tertiary/aromatic N) is 1. The number of halogens is 1. The van der Waals surface area contributed by atoms with Gasteiger partial charge in [0.1, 0.15) is 0 Å². The number of thiophene rings is 1.